The SMILES string of the molecule is CCNC(=O)c1cccc(NC(=O)C(N)COC)c1. The highest BCUT2D eigenvalue weighted by atomic mass is 16.5. The van der Waals surface area contributed by atoms with Gasteiger partial charge < -0.3 is 21.1 Å². The van der Waals surface area contributed by atoms with Crippen molar-refractivity contribution < 1.29 is 14.3 Å². The zero-order chi connectivity index (χ0) is 14.3. The minimum Gasteiger partial charge on any atom is -0.383 e. The first-order valence-corrected chi connectivity index (χ1v) is 6.02. The number of anilines is 1. The van der Waals surface area contributed by atoms with Crippen molar-refractivity contribution in [3.63, 3.8) is 0 Å². The Labute approximate surface area is 112 Å². The number of carbonyl (C=O) groups excluding carboxylic acids is 2. The van der Waals surface area contributed by atoms with Crippen molar-refractivity contribution in [2.45, 2.75) is 13.0 Å². The second kappa shape index (κ2) is 7.50. The molecule has 1 atom stereocenters. The van der Waals surface area contributed by atoms with Gasteiger partial charge in [0.15, 0.2) is 0 Å². The molecule has 4 N–H and O–H groups in total. The predicted octanol–water partition coefficient (Wildman–Crippen LogP) is 0.349. The maximum atomic E-state index is 11.7. The van der Waals surface area contributed by atoms with Crippen molar-refractivity contribution in [1.29, 1.82) is 0 Å². The summed E-state index contributed by atoms with van der Waals surface area (Å²) in [7, 11) is 1.48. The van der Waals surface area contributed by atoms with E-state index in [2.05, 4.69) is 10.6 Å². The lowest BCUT2D eigenvalue weighted by Gasteiger charge is -2.12. The molecule has 104 valence electrons. The monoisotopic (exact) mass is 265 g/mol. The number of rotatable bonds is 6. The van der Waals surface area contributed by atoms with Gasteiger partial charge in [0.05, 0.1) is 6.61 Å². The topological polar surface area (TPSA) is 93.5 Å². The summed E-state index contributed by atoms with van der Waals surface area (Å²) in [5, 5.41) is 5.33. The molecule has 1 aromatic carbocycles. The Kier molecular flexibility index (Phi) is 5.98. The molecule has 0 aliphatic rings. The highest BCUT2D eigenvalue weighted by Crippen LogP contribution is 2.10. The first kappa shape index (κ1) is 15.1. The third-order valence-corrected chi connectivity index (χ3v) is 2.41. The lowest BCUT2D eigenvalue weighted by atomic mass is 10.2. The Hall–Kier alpha value is -1.92. The molecule has 1 aromatic rings. The molecule has 0 saturated heterocycles. The summed E-state index contributed by atoms with van der Waals surface area (Å²) < 4.78 is 4.81. The number of hydrogen-bond donors (Lipinski definition) is 3. The van der Waals surface area contributed by atoms with Gasteiger partial charge in [0, 0.05) is 24.9 Å². The van der Waals surface area contributed by atoms with Crippen LogP contribution in [0.3, 0.4) is 0 Å². The normalized spacial score (nSPS) is 11.7. The van der Waals surface area contributed by atoms with Crippen LogP contribution < -0.4 is 16.4 Å². The van der Waals surface area contributed by atoms with Crippen LogP contribution in [0.2, 0.25) is 0 Å². The number of benzene rings is 1. The molecule has 1 unspecified atom stereocenters. The molecule has 0 aliphatic carbocycles. The summed E-state index contributed by atoms with van der Waals surface area (Å²) in [6.07, 6.45) is 0. The summed E-state index contributed by atoms with van der Waals surface area (Å²) in [6, 6.07) is 5.93. The van der Waals surface area contributed by atoms with E-state index in [1.54, 1.807) is 24.3 Å². The molecule has 6 heteroatoms. The number of methoxy groups -OCH3 is 1. The zero-order valence-corrected chi connectivity index (χ0v) is 11.1. The van der Waals surface area contributed by atoms with Gasteiger partial charge in [-0.15, -0.1) is 0 Å². The van der Waals surface area contributed by atoms with Gasteiger partial charge in [-0.1, -0.05) is 6.07 Å². The minimum atomic E-state index is -0.738. The van der Waals surface area contributed by atoms with E-state index in [1.807, 2.05) is 6.92 Å². The van der Waals surface area contributed by atoms with Gasteiger partial charge in [-0.05, 0) is 25.1 Å². The van der Waals surface area contributed by atoms with Gasteiger partial charge in [0.1, 0.15) is 6.04 Å². The van der Waals surface area contributed by atoms with E-state index in [0.29, 0.717) is 17.8 Å². The molecule has 0 heterocycles. The first-order valence-electron chi connectivity index (χ1n) is 6.02. The standard InChI is InChI=1S/C13H19N3O3/c1-3-15-12(17)9-5-4-6-10(7-9)16-13(18)11(14)8-19-2/h4-7,11H,3,8,14H2,1-2H3,(H,15,17)(H,16,18). The smallest absolute Gasteiger partial charge is 0.251 e. The molecule has 1 rings (SSSR count). The third-order valence-electron chi connectivity index (χ3n) is 2.41. The minimum absolute atomic E-state index is 0.141. The average Bonchev–Trinajstić information content (AvgIpc) is 2.39. The lowest BCUT2D eigenvalue weighted by molar-refractivity contribution is -0.118. The van der Waals surface area contributed by atoms with E-state index in [4.69, 9.17) is 10.5 Å². The number of carbonyl (C=O) groups is 2. The van der Waals surface area contributed by atoms with Crippen LogP contribution in [0.4, 0.5) is 5.69 Å². The molecule has 19 heavy (non-hydrogen) atoms. The van der Waals surface area contributed by atoms with E-state index in [0.717, 1.165) is 0 Å². The number of nitrogens with two attached hydrogens (primary N) is 1. The molecule has 0 aliphatic heterocycles. The van der Waals surface area contributed by atoms with Gasteiger partial charge in [-0.2, -0.15) is 0 Å². The van der Waals surface area contributed by atoms with Crippen LogP contribution in [-0.2, 0) is 9.53 Å². The highest BCUT2D eigenvalue weighted by molar-refractivity contribution is 5.98. The van der Waals surface area contributed by atoms with Crippen LogP contribution in [0.5, 0.6) is 0 Å². The molecule has 0 spiro atoms. The molecule has 0 radical (unpaired) electrons. The van der Waals surface area contributed by atoms with Gasteiger partial charge in [0.25, 0.3) is 5.91 Å². The second-order valence-corrected chi connectivity index (χ2v) is 3.99. The van der Waals surface area contributed by atoms with Crippen molar-refractivity contribution in [2.24, 2.45) is 5.73 Å². The number of nitrogens with one attached hydrogen (secondary N) is 2. The van der Waals surface area contributed by atoms with Gasteiger partial charge in [0.2, 0.25) is 5.91 Å². The Morgan fingerprint density at radius 3 is 2.79 bits per heavy atom. The first-order chi connectivity index (χ1) is 9.08. The van der Waals surface area contributed by atoms with Crippen LogP contribution in [0.1, 0.15) is 17.3 Å². The van der Waals surface area contributed by atoms with E-state index in [9.17, 15) is 9.59 Å². The summed E-state index contributed by atoms with van der Waals surface area (Å²) in [5.41, 5.74) is 6.62. The Balaban J connectivity index is 2.72. The molecule has 0 aromatic heterocycles. The average molecular weight is 265 g/mol. The van der Waals surface area contributed by atoms with Crippen molar-refractivity contribution in [3.05, 3.63) is 29.8 Å². The zero-order valence-electron chi connectivity index (χ0n) is 11.1. The summed E-state index contributed by atoms with van der Waals surface area (Å²) >= 11 is 0. The molecule has 0 fully saturated rings. The van der Waals surface area contributed by atoms with E-state index < -0.39 is 6.04 Å². The Morgan fingerprint density at radius 2 is 2.16 bits per heavy atom. The lowest BCUT2D eigenvalue weighted by Crippen LogP contribution is -2.39. The van der Waals surface area contributed by atoms with Gasteiger partial charge in [-0.25, -0.2) is 0 Å². The van der Waals surface area contributed by atoms with Crippen molar-refractivity contribution in [2.75, 3.05) is 25.6 Å². The summed E-state index contributed by atoms with van der Waals surface area (Å²) in [5.74, 6) is -0.533. The quantitative estimate of drug-likeness (QED) is 0.692. The maximum absolute atomic E-state index is 11.7. The van der Waals surface area contributed by atoms with Crippen molar-refractivity contribution in [3.8, 4) is 0 Å². The van der Waals surface area contributed by atoms with Crippen LogP contribution in [0, 0.1) is 0 Å². The maximum Gasteiger partial charge on any atom is 0.251 e. The fourth-order valence-electron chi connectivity index (χ4n) is 1.49. The number of hydrogen-bond acceptors (Lipinski definition) is 4. The second-order valence-electron chi connectivity index (χ2n) is 3.99. The molecule has 0 bridgehead atoms. The largest absolute Gasteiger partial charge is 0.383 e. The third kappa shape index (κ3) is 4.69. The number of ether oxygens (including phenoxy) is 1. The fourth-order valence-corrected chi connectivity index (χ4v) is 1.49. The van der Waals surface area contributed by atoms with Gasteiger partial charge in [-0.3, -0.25) is 9.59 Å². The van der Waals surface area contributed by atoms with Crippen molar-refractivity contribution in [1.82, 2.24) is 5.32 Å². The molecular formula is C13H19N3O3. The predicted molar refractivity (Wildman–Crippen MR) is 72.9 cm³/mol. The van der Waals surface area contributed by atoms with Crippen LogP contribution in [0.15, 0.2) is 24.3 Å². The van der Waals surface area contributed by atoms with Crippen molar-refractivity contribution >= 4 is 17.5 Å². The molecule has 6 nitrogen and oxygen atoms in total. The Morgan fingerprint density at radius 1 is 1.42 bits per heavy atom. The van der Waals surface area contributed by atoms with Crippen LogP contribution >= 0.6 is 0 Å². The van der Waals surface area contributed by atoms with E-state index >= 15 is 0 Å². The van der Waals surface area contributed by atoms with E-state index in [-0.39, 0.29) is 18.4 Å². The molecule has 0 saturated carbocycles. The summed E-state index contributed by atoms with van der Waals surface area (Å²) in [4.78, 5) is 23.3. The Bertz CT molecular complexity index is 449. The highest BCUT2D eigenvalue weighted by Gasteiger charge is 2.13. The van der Waals surface area contributed by atoms with E-state index in [1.165, 1.54) is 7.11 Å². The molecule has 2 amide bonds. The fraction of sp³-hybridized carbons (Fsp3) is 0.385. The summed E-state index contributed by atoms with van der Waals surface area (Å²) in [6.45, 7) is 2.53. The van der Waals surface area contributed by atoms with Crippen LogP contribution in [0.25, 0.3) is 0 Å². The van der Waals surface area contributed by atoms with Crippen LogP contribution in [-0.4, -0.2) is 38.1 Å². The van der Waals surface area contributed by atoms with Gasteiger partial charge >= 0.3 is 0 Å². The number of amides is 2. The molecular weight excluding hydrogens is 246 g/mol.